The second kappa shape index (κ2) is 18.2. The van der Waals surface area contributed by atoms with Gasteiger partial charge in [0, 0.05) is 24.9 Å². The molecule has 49 heavy (non-hydrogen) atoms. The van der Waals surface area contributed by atoms with Crippen LogP contribution in [0.25, 0.3) is 0 Å². The minimum absolute atomic E-state index is 0.0581. The molecule has 6 aromatic rings. The molecule has 0 spiro atoms. The molecule has 0 fully saturated rings. The lowest BCUT2D eigenvalue weighted by Gasteiger charge is -2.28. The Morgan fingerprint density at radius 1 is 0.490 bits per heavy atom. The standard InChI is InChI=1S/C39H41N2P.C7H8/c1-5-41(6-2)42-40-39-35(37(30-19-11-7-12-20-30)31-21-13-8-14-22-31)27-34(29(3)4)28-36(39)38(32-23-15-9-16-24-32)33-25-17-10-18-26-33;1-7-5-3-2-4-6-7/h7-29,37-38H,5-6H2,1-4H3;2-6H,1H3. The Hall–Kier alpha value is -4.62. The first-order valence-corrected chi connectivity index (χ1v) is 18.4. The summed E-state index contributed by atoms with van der Waals surface area (Å²) in [6.45, 7) is 13.0. The van der Waals surface area contributed by atoms with E-state index in [1.807, 2.05) is 18.2 Å². The van der Waals surface area contributed by atoms with Crippen molar-refractivity contribution in [2.45, 2.75) is 52.4 Å². The molecule has 0 aromatic heterocycles. The lowest BCUT2D eigenvalue weighted by atomic mass is 9.77. The molecule has 2 nitrogen and oxygen atoms in total. The number of hydrogen-bond donors (Lipinski definition) is 0. The van der Waals surface area contributed by atoms with Crippen molar-refractivity contribution in [2.24, 2.45) is 4.74 Å². The van der Waals surface area contributed by atoms with Gasteiger partial charge < -0.3 is 0 Å². The first kappa shape index (κ1) is 35.7. The maximum absolute atomic E-state index is 5.49. The van der Waals surface area contributed by atoms with Crippen molar-refractivity contribution < 1.29 is 0 Å². The minimum Gasteiger partial charge on any atom is -0.242 e. The summed E-state index contributed by atoms with van der Waals surface area (Å²) in [6.07, 6.45) is 0. The predicted molar refractivity (Wildman–Crippen MR) is 211 cm³/mol. The summed E-state index contributed by atoms with van der Waals surface area (Å²) in [5.41, 5.74) is 11.4. The van der Waals surface area contributed by atoms with Crippen LogP contribution in [-0.4, -0.2) is 17.8 Å². The molecule has 0 heterocycles. The molecule has 0 saturated carbocycles. The molecule has 0 bridgehead atoms. The topological polar surface area (TPSA) is 15.6 Å². The fourth-order valence-electron chi connectivity index (χ4n) is 6.27. The van der Waals surface area contributed by atoms with Gasteiger partial charge in [0.2, 0.25) is 0 Å². The molecule has 0 aliphatic rings. The molecule has 3 heteroatoms. The summed E-state index contributed by atoms with van der Waals surface area (Å²) in [4.78, 5) is 0. The zero-order valence-corrected chi connectivity index (χ0v) is 30.5. The fourth-order valence-corrected chi connectivity index (χ4v) is 6.97. The van der Waals surface area contributed by atoms with E-state index < -0.39 is 0 Å². The largest absolute Gasteiger partial charge is 0.242 e. The Labute approximate surface area is 296 Å². The van der Waals surface area contributed by atoms with E-state index in [0.29, 0.717) is 5.92 Å². The molecule has 0 saturated heterocycles. The smallest absolute Gasteiger partial charge is 0.0990 e. The molecule has 0 radical (unpaired) electrons. The minimum atomic E-state index is 0.0581. The van der Waals surface area contributed by atoms with Crippen LogP contribution in [0, 0.1) is 6.92 Å². The molecule has 6 aromatic carbocycles. The van der Waals surface area contributed by atoms with Gasteiger partial charge in [-0.3, -0.25) is 0 Å². The van der Waals surface area contributed by atoms with Gasteiger partial charge in [-0.25, -0.2) is 9.42 Å². The third kappa shape index (κ3) is 9.51. The Morgan fingerprint density at radius 2 is 0.816 bits per heavy atom. The highest BCUT2D eigenvalue weighted by Gasteiger charge is 2.28. The van der Waals surface area contributed by atoms with Gasteiger partial charge in [-0.05, 0) is 51.8 Å². The van der Waals surface area contributed by atoms with Gasteiger partial charge in [-0.2, -0.15) is 0 Å². The average Bonchev–Trinajstić information content (AvgIpc) is 3.15. The highest BCUT2D eigenvalue weighted by Crippen LogP contribution is 2.47. The van der Waals surface area contributed by atoms with Gasteiger partial charge >= 0.3 is 0 Å². The van der Waals surface area contributed by atoms with Crippen molar-refractivity contribution in [3.05, 3.63) is 208 Å². The van der Waals surface area contributed by atoms with Crippen LogP contribution in [-0.2, 0) is 0 Å². The lowest BCUT2D eigenvalue weighted by molar-refractivity contribution is 0.520. The second-order valence-corrected chi connectivity index (χ2v) is 13.6. The Balaban J connectivity index is 0.000000595. The van der Waals surface area contributed by atoms with Crippen molar-refractivity contribution in [3.63, 3.8) is 0 Å². The molecule has 248 valence electrons. The van der Waals surface area contributed by atoms with Gasteiger partial charge in [0.25, 0.3) is 0 Å². The first-order chi connectivity index (χ1) is 24.0. The maximum atomic E-state index is 5.49. The van der Waals surface area contributed by atoms with E-state index in [-0.39, 0.29) is 11.8 Å². The number of aryl methyl sites for hydroxylation is 1. The third-order valence-corrected chi connectivity index (χ3v) is 10.1. The molecule has 0 atom stereocenters. The SMILES string of the molecule is CCN(CC)P=Nc1c(C(c2ccccc2)c2ccccc2)cc(C(C)C)cc1C(c1ccccc1)c1ccccc1.Cc1ccccc1. The van der Waals surface area contributed by atoms with Crippen LogP contribution in [0.4, 0.5) is 5.69 Å². The maximum Gasteiger partial charge on any atom is 0.0990 e. The molecule has 0 aliphatic heterocycles. The highest BCUT2D eigenvalue weighted by molar-refractivity contribution is 7.24. The second-order valence-electron chi connectivity index (χ2n) is 12.7. The van der Waals surface area contributed by atoms with E-state index in [1.165, 1.54) is 44.5 Å². The Morgan fingerprint density at radius 3 is 1.08 bits per heavy atom. The summed E-state index contributed by atoms with van der Waals surface area (Å²) in [5.74, 6) is 0.488. The molecule has 0 aliphatic carbocycles. The van der Waals surface area contributed by atoms with Crippen LogP contribution in [0.5, 0.6) is 0 Å². The zero-order chi connectivity index (χ0) is 34.4. The van der Waals surface area contributed by atoms with Gasteiger partial charge in [0.15, 0.2) is 0 Å². The van der Waals surface area contributed by atoms with E-state index in [9.17, 15) is 0 Å². The summed E-state index contributed by atoms with van der Waals surface area (Å²) >= 11 is 0. The van der Waals surface area contributed by atoms with Crippen LogP contribution in [0.3, 0.4) is 0 Å². The number of rotatable bonds is 11. The highest BCUT2D eigenvalue weighted by atomic mass is 31.1. The van der Waals surface area contributed by atoms with Crippen molar-refractivity contribution >= 4 is 14.2 Å². The van der Waals surface area contributed by atoms with Crippen molar-refractivity contribution in [3.8, 4) is 0 Å². The van der Waals surface area contributed by atoms with Crippen LogP contribution in [0.15, 0.2) is 169 Å². The van der Waals surface area contributed by atoms with E-state index in [4.69, 9.17) is 4.74 Å². The lowest BCUT2D eigenvalue weighted by Crippen LogP contribution is -2.11. The van der Waals surface area contributed by atoms with E-state index in [1.54, 1.807) is 0 Å². The van der Waals surface area contributed by atoms with Crippen LogP contribution in [0.2, 0.25) is 0 Å². The molecular formula is C46H49N2P. The molecule has 0 N–H and O–H groups in total. The summed E-state index contributed by atoms with van der Waals surface area (Å²) in [5, 5.41) is 0. The fraction of sp³-hybridized carbons (Fsp3) is 0.217. The number of benzene rings is 6. The molecule has 0 amide bonds. The van der Waals surface area contributed by atoms with Gasteiger partial charge in [0.1, 0.15) is 0 Å². The third-order valence-electron chi connectivity index (χ3n) is 8.95. The predicted octanol–water partition coefficient (Wildman–Crippen LogP) is 13.2. The summed E-state index contributed by atoms with van der Waals surface area (Å²) < 4.78 is 7.86. The summed E-state index contributed by atoms with van der Waals surface area (Å²) in [6, 6.07) is 58.9. The van der Waals surface area contributed by atoms with Crippen molar-refractivity contribution in [1.29, 1.82) is 0 Å². The van der Waals surface area contributed by atoms with Crippen LogP contribution in [0.1, 0.15) is 90.0 Å². The van der Waals surface area contributed by atoms with Crippen LogP contribution >= 0.6 is 8.52 Å². The molecule has 0 unspecified atom stereocenters. The van der Waals surface area contributed by atoms with Crippen molar-refractivity contribution in [2.75, 3.05) is 13.1 Å². The first-order valence-electron chi connectivity index (χ1n) is 17.6. The van der Waals surface area contributed by atoms with Gasteiger partial charge in [-0.1, -0.05) is 197 Å². The summed E-state index contributed by atoms with van der Waals surface area (Å²) in [7, 11) is 0.975. The van der Waals surface area contributed by atoms with E-state index in [2.05, 4.69) is 185 Å². The van der Waals surface area contributed by atoms with Gasteiger partial charge in [0.05, 0.1) is 14.2 Å². The Bertz CT molecular complexity index is 1670. The number of hydrogen-bond acceptors (Lipinski definition) is 1. The normalized spacial score (nSPS) is 11.4. The van der Waals surface area contributed by atoms with Crippen molar-refractivity contribution in [1.82, 2.24) is 4.67 Å². The molecular weight excluding hydrogens is 611 g/mol. The van der Waals surface area contributed by atoms with Crippen LogP contribution < -0.4 is 0 Å². The average molecular weight is 661 g/mol. The van der Waals surface area contributed by atoms with E-state index >= 15 is 0 Å². The Kier molecular flexibility index (Phi) is 13.3. The van der Waals surface area contributed by atoms with Gasteiger partial charge in [-0.15, -0.1) is 0 Å². The zero-order valence-electron chi connectivity index (χ0n) is 29.6. The number of nitrogens with zero attached hydrogens (tertiary/aromatic N) is 2. The molecule has 6 rings (SSSR count). The quantitative estimate of drug-likeness (QED) is 0.0997. The monoisotopic (exact) mass is 660 g/mol. The van der Waals surface area contributed by atoms with E-state index in [0.717, 1.165) is 27.3 Å².